The molecule has 1 amide bonds. The van der Waals surface area contributed by atoms with Gasteiger partial charge in [0.1, 0.15) is 5.82 Å². The first kappa shape index (κ1) is 20.5. The molecule has 0 atom stereocenters. The number of aromatic nitrogens is 2. The quantitative estimate of drug-likeness (QED) is 0.461. The smallest absolute Gasteiger partial charge is 0.258 e. The van der Waals surface area contributed by atoms with Crippen LogP contribution in [-0.4, -0.2) is 27.6 Å². The highest BCUT2D eigenvalue weighted by atomic mass is 16.7. The highest BCUT2D eigenvalue weighted by Gasteiger charge is 2.18. The Kier molecular flexibility index (Phi) is 5.59. The van der Waals surface area contributed by atoms with Crippen molar-refractivity contribution >= 4 is 22.9 Å². The number of rotatable bonds is 6. The minimum absolute atomic E-state index is 0.145. The monoisotopic (exact) mass is 439 g/mol. The predicted molar refractivity (Wildman–Crippen MR) is 125 cm³/mol. The van der Waals surface area contributed by atoms with Crippen molar-refractivity contribution in [3.8, 4) is 11.5 Å². The number of aromatic amines is 1. The fraction of sp³-hybridized carbons (Fsp3) is 0.115. The fourth-order valence-corrected chi connectivity index (χ4v) is 3.70. The van der Waals surface area contributed by atoms with Gasteiger partial charge in [-0.25, -0.2) is 4.98 Å². The molecule has 0 radical (unpaired) electrons. The van der Waals surface area contributed by atoms with Gasteiger partial charge in [0.25, 0.3) is 5.56 Å². The molecule has 4 aromatic rings. The second-order valence-electron chi connectivity index (χ2n) is 7.66. The predicted octanol–water partition coefficient (Wildman–Crippen LogP) is 3.89. The summed E-state index contributed by atoms with van der Waals surface area (Å²) in [5.74, 6) is 1.55. The molecule has 0 spiro atoms. The molecule has 0 saturated heterocycles. The molecule has 164 valence electrons. The lowest BCUT2D eigenvalue weighted by atomic mass is 10.1. The van der Waals surface area contributed by atoms with Crippen LogP contribution in [0.1, 0.15) is 17.0 Å². The Morgan fingerprint density at radius 2 is 1.76 bits per heavy atom. The van der Waals surface area contributed by atoms with Crippen molar-refractivity contribution in [2.75, 3.05) is 6.79 Å². The standard InChI is InChI=1S/C26H21N3O4/c30-25(13-11-18-6-2-1-3-7-18)29(15-19-10-12-22-23(14-19)33-17-32-22)16-24-27-21-9-5-4-8-20(21)26(31)28-24/h1-14H,15-17H2,(H,27,28,31)/b13-11+. The first-order chi connectivity index (χ1) is 16.2. The molecule has 2 heterocycles. The zero-order valence-corrected chi connectivity index (χ0v) is 17.7. The van der Waals surface area contributed by atoms with Gasteiger partial charge >= 0.3 is 0 Å². The summed E-state index contributed by atoms with van der Waals surface area (Å²) in [4.78, 5) is 34.7. The van der Waals surface area contributed by atoms with Gasteiger partial charge in [0.05, 0.1) is 17.4 Å². The maximum Gasteiger partial charge on any atom is 0.258 e. The van der Waals surface area contributed by atoms with Crippen molar-refractivity contribution in [2.45, 2.75) is 13.1 Å². The second-order valence-corrected chi connectivity index (χ2v) is 7.66. The molecule has 7 heteroatoms. The van der Waals surface area contributed by atoms with Crippen LogP contribution >= 0.6 is 0 Å². The van der Waals surface area contributed by atoms with Gasteiger partial charge in [0, 0.05) is 12.6 Å². The molecule has 0 saturated carbocycles. The van der Waals surface area contributed by atoms with Crippen LogP contribution in [0.25, 0.3) is 17.0 Å². The number of carbonyl (C=O) groups is 1. The average molecular weight is 439 g/mol. The summed E-state index contributed by atoms with van der Waals surface area (Å²) in [7, 11) is 0. The van der Waals surface area contributed by atoms with E-state index in [9.17, 15) is 9.59 Å². The van der Waals surface area contributed by atoms with E-state index in [4.69, 9.17) is 9.47 Å². The molecule has 33 heavy (non-hydrogen) atoms. The number of hydrogen-bond acceptors (Lipinski definition) is 5. The number of nitrogens with zero attached hydrogens (tertiary/aromatic N) is 2. The Morgan fingerprint density at radius 1 is 0.970 bits per heavy atom. The summed E-state index contributed by atoms with van der Waals surface area (Å²) >= 11 is 0. The molecule has 1 aliphatic heterocycles. The maximum atomic E-state index is 13.2. The van der Waals surface area contributed by atoms with E-state index in [1.165, 1.54) is 6.08 Å². The van der Waals surface area contributed by atoms with E-state index in [1.54, 1.807) is 29.2 Å². The lowest BCUT2D eigenvalue weighted by Gasteiger charge is -2.21. The SMILES string of the molecule is O=C(/C=C/c1ccccc1)N(Cc1ccc2c(c1)OCO2)Cc1nc2ccccc2c(=O)[nH]1. The lowest BCUT2D eigenvalue weighted by Crippen LogP contribution is -2.30. The van der Waals surface area contributed by atoms with E-state index < -0.39 is 0 Å². The molecule has 0 bridgehead atoms. The van der Waals surface area contributed by atoms with Gasteiger partial charge in [0.15, 0.2) is 11.5 Å². The Labute approximate surface area is 189 Å². The highest BCUT2D eigenvalue weighted by Crippen LogP contribution is 2.33. The van der Waals surface area contributed by atoms with Crippen molar-refractivity contribution in [1.82, 2.24) is 14.9 Å². The summed E-state index contributed by atoms with van der Waals surface area (Å²) in [6, 6.07) is 22.3. The van der Waals surface area contributed by atoms with Gasteiger partial charge in [-0.05, 0) is 41.5 Å². The molecule has 3 aromatic carbocycles. The minimum atomic E-state index is -0.231. The Balaban J connectivity index is 1.44. The number of ether oxygens (including phenoxy) is 2. The van der Waals surface area contributed by atoms with Gasteiger partial charge in [-0.15, -0.1) is 0 Å². The zero-order chi connectivity index (χ0) is 22.6. The van der Waals surface area contributed by atoms with Crippen LogP contribution in [0.15, 0.2) is 83.7 Å². The first-order valence-corrected chi connectivity index (χ1v) is 10.5. The number of carbonyl (C=O) groups excluding carboxylic acids is 1. The number of para-hydroxylation sites is 1. The third kappa shape index (κ3) is 4.62. The molecule has 1 aromatic heterocycles. The van der Waals surface area contributed by atoms with Crippen molar-refractivity contribution in [3.63, 3.8) is 0 Å². The Morgan fingerprint density at radius 3 is 2.64 bits per heavy atom. The van der Waals surface area contributed by atoms with E-state index in [1.807, 2.05) is 54.6 Å². The summed E-state index contributed by atoms with van der Waals surface area (Å²) in [5, 5.41) is 0.513. The highest BCUT2D eigenvalue weighted by molar-refractivity contribution is 5.91. The van der Waals surface area contributed by atoms with Crippen molar-refractivity contribution < 1.29 is 14.3 Å². The Hall–Kier alpha value is -4.39. The number of amides is 1. The molecule has 1 N–H and O–H groups in total. The summed E-state index contributed by atoms with van der Waals surface area (Å²) in [6.07, 6.45) is 3.30. The normalized spacial score (nSPS) is 12.4. The molecule has 0 unspecified atom stereocenters. The van der Waals surface area contributed by atoms with Gasteiger partial charge < -0.3 is 19.4 Å². The molecule has 0 aliphatic carbocycles. The largest absolute Gasteiger partial charge is 0.454 e. The van der Waals surface area contributed by atoms with Gasteiger partial charge in [0.2, 0.25) is 12.7 Å². The summed E-state index contributed by atoms with van der Waals surface area (Å²) in [6.45, 7) is 0.640. The fourth-order valence-electron chi connectivity index (χ4n) is 3.70. The van der Waals surface area contributed by atoms with Crippen LogP contribution in [0, 0.1) is 0 Å². The van der Waals surface area contributed by atoms with Crippen molar-refractivity contribution in [3.05, 3.63) is 106 Å². The third-order valence-corrected chi connectivity index (χ3v) is 5.34. The summed E-state index contributed by atoms with van der Waals surface area (Å²) < 4.78 is 10.8. The van der Waals surface area contributed by atoms with E-state index in [0.717, 1.165) is 11.1 Å². The second kappa shape index (κ2) is 9.00. The molecular weight excluding hydrogens is 418 g/mol. The van der Waals surface area contributed by atoms with E-state index in [2.05, 4.69) is 9.97 Å². The molecule has 7 nitrogen and oxygen atoms in total. The van der Waals surface area contributed by atoms with E-state index in [0.29, 0.717) is 34.8 Å². The van der Waals surface area contributed by atoms with Gasteiger partial charge in [-0.3, -0.25) is 9.59 Å². The van der Waals surface area contributed by atoms with Crippen molar-refractivity contribution in [1.29, 1.82) is 0 Å². The Bertz CT molecular complexity index is 1400. The lowest BCUT2D eigenvalue weighted by molar-refractivity contribution is -0.127. The molecule has 5 rings (SSSR count). The van der Waals surface area contributed by atoms with Crippen LogP contribution in [-0.2, 0) is 17.9 Å². The van der Waals surface area contributed by atoms with E-state index >= 15 is 0 Å². The van der Waals surface area contributed by atoms with Crippen LogP contribution in [0.5, 0.6) is 11.5 Å². The third-order valence-electron chi connectivity index (χ3n) is 5.34. The number of H-pyrrole nitrogens is 1. The number of fused-ring (bicyclic) bond motifs is 2. The van der Waals surface area contributed by atoms with Crippen LogP contribution in [0.4, 0.5) is 0 Å². The van der Waals surface area contributed by atoms with E-state index in [-0.39, 0.29) is 24.8 Å². The zero-order valence-electron chi connectivity index (χ0n) is 17.7. The average Bonchev–Trinajstić information content (AvgIpc) is 3.31. The van der Waals surface area contributed by atoms with Crippen LogP contribution in [0.2, 0.25) is 0 Å². The van der Waals surface area contributed by atoms with Gasteiger partial charge in [-0.2, -0.15) is 0 Å². The number of benzene rings is 3. The molecular formula is C26H21N3O4. The number of hydrogen-bond donors (Lipinski definition) is 1. The minimum Gasteiger partial charge on any atom is -0.454 e. The molecule has 0 fully saturated rings. The van der Waals surface area contributed by atoms with Crippen LogP contribution < -0.4 is 15.0 Å². The first-order valence-electron chi connectivity index (χ1n) is 10.5. The number of nitrogens with one attached hydrogen (secondary N) is 1. The molecule has 1 aliphatic rings. The van der Waals surface area contributed by atoms with Crippen molar-refractivity contribution in [2.24, 2.45) is 0 Å². The van der Waals surface area contributed by atoms with Gasteiger partial charge in [-0.1, -0.05) is 48.5 Å². The van der Waals surface area contributed by atoms with Crippen LogP contribution in [0.3, 0.4) is 0 Å². The summed E-state index contributed by atoms with van der Waals surface area (Å²) in [5.41, 5.74) is 2.16. The maximum absolute atomic E-state index is 13.2. The topological polar surface area (TPSA) is 84.5 Å².